The first-order valence-corrected chi connectivity index (χ1v) is 7.14. The van der Waals surface area contributed by atoms with Crippen LogP contribution in [0.25, 0.3) is 0 Å². The van der Waals surface area contributed by atoms with Gasteiger partial charge in [0.15, 0.2) is 6.10 Å². The standard InChI is InChI=1S/C14H6Cl4O2/c15-8-5-9(16)12(18)10(11(8)17)13-6-3-1-2-4-7(6)14(19)20-13/h1-5,13H. The third-order valence-corrected chi connectivity index (χ3v) is 4.70. The van der Waals surface area contributed by atoms with Crippen LogP contribution in [0.5, 0.6) is 0 Å². The topological polar surface area (TPSA) is 26.3 Å². The van der Waals surface area contributed by atoms with Gasteiger partial charge in [0, 0.05) is 11.1 Å². The molecular weight excluding hydrogens is 342 g/mol. The van der Waals surface area contributed by atoms with Crippen molar-refractivity contribution in [3.8, 4) is 0 Å². The van der Waals surface area contributed by atoms with Gasteiger partial charge in [0.1, 0.15) is 0 Å². The van der Waals surface area contributed by atoms with E-state index in [9.17, 15) is 4.79 Å². The number of hydrogen-bond donors (Lipinski definition) is 0. The van der Waals surface area contributed by atoms with Crippen LogP contribution in [-0.2, 0) is 4.74 Å². The van der Waals surface area contributed by atoms with E-state index >= 15 is 0 Å². The van der Waals surface area contributed by atoms with E-state index in [4.69, 9.17) is 51.1 Å². The summed E-state index contributed by atoms with van der Waals surface area (Å²) in [5.41, 5.74) is 1.59. The van der Waals surface area contributed by atoms with Crippen LogP contribution >= 0.6 is 46.4 Å². The molecular formula is C14H6Cl4O2. The van der Waals surface area contributed by atoms with Gasteiger partial charge in [0.2, 0.25) is 0 Å². The van der Waals surface area contributed by atoms with E-state index in [2.05, 4.69) is 0 Å². The summed E-state index contributed by atoms with van der Waals surface area (Å²) in [6.45, 7) is 0. The van der Waals surface area contributed by atoms with Gasteiger partial charge >= 0.3 is 5.97 Å². The summed E-state index contributed by atoms with van der Waals surface area (Å²) in [6, 6.07) is 8.50. The Hall–Kier alpha value is -0.930. The van der Waals surface area contributed by atoms with Crippen LogP contribution < -0.4 is 0 Å². The van der Waals surface area contributed by atoms with Crippen molar-refractivity contribution in [1.29, 1.82) is 0 Å². The molecule has 1 aliphatic rings. The molecule has 0 fully saturated rings. The SMILES string of the molecule is O=C1OC(c2c(Cl)c(Cl)cc(Cl)c2Cl)c2ccccc21. The fourth-order valence-corrected chi connectivity index (χ4v) is 3.20. The Morgan fingerprint density at radius 3 is 2.20 bits per heavy atom. The van der Waals surface area contributed by atoms with E-state index in [0.29, 0.717) is 16.7 Å². The minimum Gasteiger partial charge on any atom is -0.449 e. The van der Waals surface area contributed by atoms with Crippen molar-refractivity contribution in [2.24, 2.45) is 0 Å². The third-order valence-electron chi connectivity index (χ3n) is 3.10. The Morgan fingerprint density at radius 2 is 1.55 bits per heavy atom. The molecule has 0 spiro atoms. The van der Waals surface area contributed by atoms with Crippen molar-refractivity contribution < 1.29 is 9.53 Å². The summed E-state index contributed by atoms with van der Waals surface area (Å²) in [5, 5.41) is 0.985. The number of cyclic esters (lactones) is 1. The molecule has 2 nitrogen and oxygen atoms in total. The largest absolute Gasteiger partial charge is 0.449 e. The van der Waals surface area contributed by atoms with E-state index in [0.717, 1.165) is 0 Å². The molecule has 2 aromatic carbocycles. The second kappa shape index (κ2) is 5.12. The predicted molar refractivity (Wildman–Crippen MR) is 80.2 cm³/mol. The third kappa shape index (κ3) is 2.08. The zero-order valence-corrected chi connectivity index (χ0v) is 12.8. The first-order chi connectivity index (χ1) is 9.50. The molecule has 1 heterocycles. The Labute approximate surface area is 135 Å². The second-order valence-electron chi connectivity index (χ2n) is 4.25. The average molecular weight is 348 g/mol. The monoisotopic (exact) mass is 346 g/mol. The van der Waals surface area contributed by atoms with E-state index in [1.54, 1.807) is 18.2 Å². The Bertz CT molecular complexity index is 701. The molecule has 0 radical (unpaired) electrons. The van der Waals surface area contributed by atoms with Crippen molar-refractivity contribution in [1.82, 2.24) is 0 Å². The number of esters is 1. The molecule has 20 heavy (non-hydrogen) atoms. The number of rotatable bonds is 1. The van der Waals surface area contributed by atoms with Crippen LogP contribution in [0.15, 0.2) is 30.3 Å². The zero-order chi connectivity index (χ0) is 14.4. The van der Waals surface area contributed by atoms with Crippen LogP contribution in [0.4, 0.5) is 0 Å². The van der Waals surface area contributed by atoms with Crippen molar-refractivity contribution in [3.63, 3.8) is 0 Å². The van der Waals surface area contributed by atoms with Crippen molar-refractivity contribution in [3.05, 3.63) is 67.1 Å². The second-order valence-corrected chi connectivity index (χ2v) is 5.82. The van der Waals surface area contributed by atoms with Gasteiger partial charge in [-0.1, -0.05) is 64.6 Å². The smallest absolute Gasteiger partial charge is 0.339 e. The highest BCUT2D eigenvalue weighted by atomic mass is 35.5. The lowest BCUT2D eigenvalue weighted by molar-refractivity contribution is 0.0456. The molecule has 0 aliphatic carbocycles. The van der Waals surface area contributed by atoms with Crippen molar-refractivity contribution >= 4 is 52.4 Å². The van der Waals surface area contributed by atoms with E-state index in [-0.39, 0.29) is 20.1 Å². The predicted octanol–water partition coefficient (Wildman–Crippen LogP) is 5.56. The minimum atomic E-state index is -0.699. The van der Waals surface area contributed by atoms with Gasteiger partial charge in [-0.2, -0.15) is 0 Å². The van der Waals surface area contributed by atoms with Crippen molar-refractivity contribution in [2.45, 2.75) is 6.10 Å². The average Bonchev–Trinajstić information content (AvgIpc) is 2.75. The van der Waals surface area contributed by atoms with Gasteiger partial charge in [0.25, 0.3) is 0 Å². The number of ether oxygens (including phenoxy) is 1. The maximum absolute atomic E-state index is 11.9. The molecule has 2 aromatic rings. The molecule has 0 N–H and O–H groups in total. The summed E-state index contributed by atoms with van der Waals surface area (Å²) < 4.78 is 5.36. The molecule has 0 aromatic heterocycles. The number of fused-ring (bicyclic) bond motifs is 1. The van der Waals surface area contributed by atoms with E-state index in [1.165, 1.54) is 6.07 Å². The summed E-state index contributed by atoms with van der Waals surface area (Å²) >= 11 is 24.4. The molecule has 1 atom stereocenters. The van der Waals surface area contributed by atoms with Gasteiger partial charge in [-0.3, -0.25) is 0 Å². The first-order valence-electron chi connectivity index (χ1n) is 5.63. The summed E-state index contributed by atoms with van der Waals surface area (Å²) in [5.74, 6) is -0.422. The quantitative estimate of drug-likeness (QED) is 0.498. The molecule has 6 heteroatoms. The van der Waals surface area contributed by atoms with Gasteiger partial charge in [-0.25, -0.2) is 4.79 Å². The fraction of sp³-hybridized carbons (Fsp3) is 0.0714. The first kappa shape index (κ1) is 14.0. The lowest BCUT2D eigenvalue weighted by atomic mass is 9.99. The van der Waals surface area contributed by atoms with Gasteiger partial charge in [-0.05, 0) is 12.1 Å². The Balaban J connectivity index is 2.24. The summed E-state index contributed by atoms with van der Waals surface area (Å²) in [6.07, 6.45) is -0.699. The Morgan fingerprint density at radius 1 is 0.950 bits per heavy atom. The highest BCUT2D eigenvalue weighted by Gasteiger charge is 2.35. The number of halogens is 4. The minimum absolute atomic E-state index is 0.232. The molecule has 0 saturated heterocycles. The lowest BCUT2D eigenvalue weighted by Crippen LogP contribution is -2.03. The van der Waals surface area contributed by atoms with Crippen LogP contribution in [0.3, 0.4) is 0 Å². The van der Waals surface area contributed by atoms with Crippen LogP contribution in [0.2, 0.25) is 20.1 Å². The maximum atomic E-state index is 11.9. The normalized spacial score (nSPS) is 17.0. The van der Waals surface area contributed by atoms with Crippen molar-refractivity contribution in [2.75, 3.05) is 0 Å². The fourth-order valence-electron chi connectivity index (χ4n) is 2.18. The van der Waals surface area contributed by atoms with E-state index in [1.807, 2.05) is 6.07 Å². The zero-order valence-electron chi connectivity index (χ0n) is 9.79. The van der Waals surface area contributed by atoms with Crippen LogP contribution in [0.1, 0.15) is 27.6 Å². The molecule has 1 aliphatic heterocycles. The number of carbonyl (C=O) groups is 1. The molecule has 0 amide bonds. The lowest BCUT2D eigenvalue weighted by Gasteiger charge is -2.16. The molecule has 102 valence electrons. The van der Waals surface area contributed by atoms with Gasteiger partial charge in [-0.15, -0.1) is 0 Å². The molecule has 1 unspecified atom stereocenters. The summed E-state index contributed by atoms with van der Waals surface area (Å²) in [7, 11) is 0. The van der Waals surface area contributed by atoms with Crippen LogP contribution in [0, 0.1) is 0 Å². The molecule has 0 saturated carbocycles. The number of benzene rings is 2. The van der Waals surface area contributed by atoms with Gasteiger partial charge in [0.05, 0.1) is 25.7 Å². The highest BCUT2D eigenvalue weighted by Crippen LogP contribution is 2.46. The molecule has 3 rings (SSSR count). The Kier molecular flexibility index (Phi) is 3.59. The molecule has 0 bridgehead atoms. The highest BCUT2D eigenvalue weighted by molar-refractivity contribution is 6.48. The summed E-state index contributed by atoms with van der Waals surface area (Å²) in [4.78, 5) is 11.9. The van der Waals surface area contributed by atoms with Crippen LogP contribution in [-0.4, -0.2) is 5.97 Å². The number of hydrogen-bond acceptors (Lipinski definition) is 2. The number of carbonyl (C=O) groups excluding carboxylic acids is 1. The van der Waals surface area contributed by atoms with E-state index < -0.39 is 12.1 Å². The maximum Gasteiger partial charge on any atom is 0.339 e. The van der Waals surface area contributed by atoms with Gasteiger partial charge < -0.3 is 4.74 Å².